The van der Waals surface area contributed by atoms with Crippen LogP contribution in [0.5, 0.6) is 0 Å². The van der Waals surface area contributed by atoms with Gasteiger partial charge in [0.2, 0.25) is 17.0 Å². The van der Waals surface area contributed by atoms with Crippen LogP contribution in [-0.2, 0) is 18.4 Å². The molecule has 5 rings (SSSR count). The Bertz CT molecular complexity index is 1530. The van der Waals surface area contributed by atoms with Crippen molar-refractivity contribution >= 4 is 34.8 Å². The van der Waals surface area contributed by atoms with E-state index in [9.17, 15) is 14.4 Å². The van der Waals surface area contributed by atoms with E-state index in [4.69, 9.17) is 10.7 Å². The van der Waals surface area contributed by atoms with Gasteiger partial charge < -0.3 is 15.2 Å². The molecule has 0 aliphatic carbocycles. The van der Waals surface area contributed by atoms with Crippen molar-refractivity contribution in [2.75, 3.05) is 23.7 Å². The Morgan fingerprint density at radius 2 is 1.95 bits per heavy atom. The van der Waals surface area contributed by atoms with Gasteiger partial charge in [0.15, 0.2) is 11.2 Å². The minimum absolute atomic E-state index is 0.0990. The number of rotatable bonds is 8. The largest absolute Gasteiger partial charge is 0.369 e. The van der Waals surface area contributed by atoms with E-state index in [2.05, 4.69) is 32.3 Å². The maximum Gasteiger partial charge on any atom is 0.329 e. The first-order chi connectivity index (χ1) is 17.8. The number of H-pyrrole nitrogens is 1. The van der Waals surface area contributed by atoms with Crippen molar-refractivity contribution in [3.05, 3.63) is 51.2 Å². The number of tetrazole rings is 1. The summed E-state index contributed by atoms with van der Waals surface area (Å²) >= 11 is 1.53. The lowest BCUT2D eigenvalue weighted by Gasteiger charge is -2.32. The average molecular weight is 525 g/mol. The SMILES string of the molecule is C[C@@H](CSc1nnnn1-c1ccccc1)Cn1c(N2CCC(C(N)=O)CC2)nc2c1c(=O)[nH]c(=O)n2C. The van der Waals surface area contributed by atoms with Crippen LogP contribution in [0.3, 0.4) is 0 Å². The third kappa shape index (κ3) is 4.88. The van der Waals surface area contributed by atoms with Gasteiger partial charge in [-0.05, 0) is 41.3 Å². The van der Waals surface area contributed by atoms with Crippen LogP contribution in [0.1, 0.15) is 19.8 Å². The van der Waals surface area contributed by atoms with Crippen LogP contribution in [0, 0.1) is 11.8 Å². The van der Waals surface area contributed by atoms with Crippen LogP contribution >= 0.6 is 11.8 Å². The Kier molecular flexibility index (Phi) is 6.82. The molecule has 14 heteroatoms. The number of thioether (sulfide) groups is 1. The molecule has 1 fully saturated rings. The fraction of sp³-hybridized carbons (Fsp3) is 0.435. The van der Waals surface area contributed by atoms with Crippen molar-refractivity contribution in [3.8, 4) is 5.69 Å². The number of hydrogen-bond acceptors (Lipinski definition) is 9. The number of imidazole rings is 1. The van der Waals surface area contributed by atoms with Crippen molar-refractivity contribution in [3.63, 3.8) is 0 Å². The van der Waals surface area contributed by atoms with E-state index in [1.54, 1.807) is 11.7 Å². The third-order valence-electron chi connectivity index (χ3n) is 6.60. The Hall–Kier alpha value is -3.94. The van der Waals surface area contributed by atoms with Crippen LogP contribution < -0.4 is 21.9 Å². The summed E-state index contributed by atoms with van der Waals surface area (Å²) in [6, 6.07) is 9.66. The van der Waals surface area contributed by atoms with Gasteiger partial charge in [0.05, 0.1) is 5.69 Å². The summed E-state index contributed by atoms with van der Waals surface area (Å²) in [5, 5.41) is 12.8. The number of hydrogen-bond donors (Lipinski definition) is 2. The van der Waals surface area contributed by atoms with Crippen LogP contribution in [0.15, 0.2) is 45.1 Å². The number of primary amides is 1. The van der Waals surface area contributed by atoms with Crippen LogP contribution in [-0.4, -0.2) is 64.1 Å². The Balaban J connectivity index is 1.41. The molecule has 3 aromatic heterocycles. The van der Waals surface area contributed by atoms with Gasteiger partial charge in [0.25, 0.3) is 5.56 Å². The van der Waals surface area contributed by atoms with E-state index in [0.717, 1.165) is 5.69 Å². The monoisotopic (exact) mass is 524 g/mol. The summed E-state index contributed by atoms with van der Waals surface area (Å²) in [4.78, 5) is 45.9. The minimum atomic E-state index is -0.516. The summed E-state index contributed by atoms with van der Waals surface area (Å²) < 4.78 is 4.92. The molecule has 1 saturated heterocycles. The molecule has 0 spiro atoms. The van der Waals surface area contributed by atoms with Crippen molar-refractivity contribution in [1.82, 2.24) is 39.3 Å². The first-order valence-electron chi connectivity index (χ1n) is 12.0. The van der Waals surface area contributed by atoms with E-state index in [0.29, 0.717) is 60.5 Å². The number of aromatic amines is 1. The van der Waals surface area contributed by atoms with Gasteiger partial charge in [0.1, 0.15) is 0 Å². The molecule has 13 nitrogen and oxygen atoms in total. The zero-order valence-corrected chi connectivity index (χ0v) is 21.4. The molecule has 1 amide bonds. The molecule has 0 bridgehead atoms. The lowest BCUT2D eigenvalue weighted by molar-refractivity contribution is -0.122. The molecule has 0 saturated carbocycles. The summed E-state index contributed by atoms with van der Waals surface area (Å²) in [5.41, 5.74) is 6.06. The van der Waals surface area contributed by atoms with Crippen LogP contribution in [0.2, 0.25) is 0 Å². The Morgan fingerprint density at radius 3 is 2.65 bits per heavy atom. The molecule has 1 aliphatic heterocycles. The highest BCUT2D eigenvalue weighted by molar-refractivity contribution is 7.99. The fourth-order valence-electron chi connectivity index (χ4n) is 4.58. The highest BCUT2D eigenvalue weighted by Gasteiger charge is 2.28. The zero-order chi connectivity index (χ0) is 26.1. The number of aromatic nitrogens is 8. The number of piperidine rings is 1. The molecular formula is C23H28N10O3S. The number of amides is 1. The first kappa shape index (κ1) is 24.7. The van der Waals surface area contributed by atoms with E-state index in [1.165, 1.54) is 16.3 Å². The summed E-state index contributed by atoms with van der Waals surface area (Å²) in [5.74, 6) is 0.917. The van der Waals surface area contributed by atoms with Crippen molar-refractivity contribution < 1.29 is 4.79 Å². The zero-order valence-electron chi connectivity index (χ0n) is 20.6. The van der Waals surface area contributed by atoms with Gasteiger partial charge >= 0.3 is 5.69 Å². The van der Waals surface area contributed by atoms with Crippen LogP contribution in [0.25, 0.3) is 16.9 Å². The number of para-hydroxylation sites is 1. The average Bonchev–Trinajstić information content (AvgIpc) is 3.52. The number of fused-ring (bicyclic) bond motifs is 1. The number of nitrogens with two attached hydrogens (primary N) is 1. The second-order valence-electron chi connectivity index (χ2n) is 9.30. The molecule has 1 aromatic carbocycles. The predicted molar refractivity (Wildman–Crippen MR) is 139 cm³/mol. The molecule has 0 unspecified atom stereocenters. The second-order valence-corrected chi connectivity index (χ2v) is 10.3. The molecular weight excluding hydrogens is 496 g/mol. The molecule has 1 aliphatic rings. The van der Waals surface area contributed by atoms with E-state index in [-0.39, 0.29) is 17.7 Å². The van der Waals surface area contributed by atoms with Gasteiger partial charge in [-0.3, -0.25) is 19.1 Å². The summed E-state index contributed by atoms with van der Waals surface area (Å²) in [7, 11) is 1.59. The van der Waals surface area contributed by atoms with E-state index in [1.807, 2.05) is 34.9 Å². The normalized spacial score (nSPS) is 15.4. The van der Waals surface area contributed by atoms with Gasteiger partial charge in [-0.15, -0.1) is 5.10 Å². The van der Waals surface area contributed by atoms with E-state index >= 15 is 0 Å². The minimum Gasteiger partial charge on any atom is -0.369 e. The van der Waals surface area contributed by atoms with Gasteiger partial charge in [-0.1, -0.05) is 36.9 Å². The lowest BCUT2D eigenvalue weighted by atomic mass is 9.96. The Labute approximate surface area is 215 Å². The number of nitrogens with zero attached hydrogens (tertiary/aromatic N) is 8. The molecule has 0 radical (unpaired) electrons. The number of carbonyl (C=O) groups is 1. The number of aryl methyl sites for hydroxylation is 1. The maximum absolute atomic E-state index is 12.9. The standard InChI is InChI=1S/C23H28N10O3S/c1-14(13-37-23-27-28-29-33(23)16-6-4-3-5-7-16)12-32-17-19(30(2)22(36)26-20(17)35)25-21(32)31-10-8-15(9-11-31)18(24)34/h3-7,14-15H,8-13H2,1-2H3,(H2,24,34)(H,26,35,36)/t14-/m1/s1. The third-order valence-corrected chi connectivity index (χ3v) is 7.85. The van der Waals surface area contributed by atoms with Crippen molar-refractivity contribution in [2.24, 2.45) is 24.6 Å². The number of carbonyl (C=O) groups excluding carboxylic acids is 1. The van der Waals surface area contributed by atoms with Crippen LogP contribution in [0.4, 0.5) is 5.95 Å². The topological polar surface area (TPSA) is 163 Å². The smallest absolute Gasteiger partial charge is 0.329 e. The van der Waals surface area contributed by atoms with Gasteiger partial charge in [-0.25, -0.2) is 4.79 Å². The molecule has 1 atom stereocenters. The number of benzene rings is 1. The molecule has 194 valence electrons. The van der Waals surface area contributed by atoms with Crippen molar-refractivity contribution in [1.29, 1.82) is 0 Å². The predicted octanol–water partition coefficient (Wildman–Crippen LogP) is 0.529. The lowest BCUT2D eigenvalue weighted by Crippen LogP contribution is -2.40. The highest BCUT2D eigenvalue weighted by atomic mass is 32.2. The molecule has 4 heterocycles. The maximum atomic E-state index is 12.9. The number of anilines is 1. The quantitative estimate of drug-likeness (QED) is 0.313. The highest BCUT2D eigenvalue weighted by Crippen LogP contribution is 2.28. The second kappa shape index (κ2) is 10.2. The van der Waals surface area contributed by atoms with Gasteiger partial charge in [0, 0.05) is 38.4 Å². The molecule has 3 N–H and O–H groups in total. The first-order valence-corrected chi connectivity index (χ1v) is 13.0. The molecule has 37 heavy (non-hydrogen) atoms. The molecule has 4 aromatic rings. The van der Waals surface area contributed by atoms with Gasteiger partial charge in [-0.2, -0.15) is 9.67 Å². The Morgan fingerprint density at radius 1 is 1.22 bits per heavy atom. The number of nitrogens with one attached hydrogen (secondary N) is 1. The summed E-state index contributed by atoms with van der Waals surface area (Å²) in [6.45, 7) is 3.73. The van der Waals surface area contributed by atoms with E-state index < -0.39 is 11.2 Å². The fourth-order valence-corrected chi connectivity index (χ4v) is 5.48. The summed E-state index contributed by atoms with van der Waals surface area (Å²) in [6.07, 6.45) is 1.22. The van der Waals surface area contributed by atoms with Crippen molar-refractivity contribution in [2.45, 2.75) is 31.5 Å².